The summed E-state index contributed by atoms with van der Waals surface area (Å²) in [5.41, 5.74) is 1.14. The highest BCUT2D eigenvalue weighted by Crippen LogP contribution is 2.69. The predicted molar refractivity (Wildman–Crippen MR) is 131 cm³/mol. The Hall–Kier alpha value is -2.67. The molecule has 5 rings (SSSR count). The average Bonchev–Trinajstić information content (AvgIpc) is 3.51. The fourth-order valence-corrected chi connectivity index (χ4v) is 8.18. The van der Waals surface area contributed by atoms with Crippen molar-refractivity contribution in [2.45, 2.75) is 78.1 Å². The molecule has 0 aromatic carbocycles. The van der Waals surface area contributed by atoms with Crippen molar-refractivity contribution in [3.05, 3.63) is 48.0 Å². The molecule has 7 heteroatoms. The smallest absolute Gasteiger partial charge is 0.305 e. The zero-order valence-electron chi connectivity index (χ0n) is 22.0. The fraction of sp³-hybridized carbons (Fsp3) is 0.621. The van der Waals surface area contributed by atoms with E-state index in [9.17, 15) is 14.4 Å². The quantitative estimate of drug-likeness (QED) is 0.555. The van der Waals surface area contributed by atoms with Crippen LogP contribution in [-0.4, -0.2) is 43.1 Å². The van der Waals surface area contributed by atoms with E-state index in [2.05, 4.69) is 26.5 Å². The minimum Gasteiger partial charge on any atom is -0.472 e. The molecule has 0 unspecified atom stereocenters. The maximum Gasteiger partial charge on any atom is 0.305 e. The van der Waals surface area contributed by atoms with Gasteiger partial charge in [-0.05, 0) is 35.1 Å². The van der Waals surface area contributed by atoms with Crippen molar-refractivity contribution in [3.8, 4) is 0 Å². The van der Waals surface area contributed by atoms with Gasteiger partial charge >= 0.3 is 11.9 Å². The molecule has 2 saturated carbocycles. The number of hydrogen-bond donors (Lipinski definition) is 0. The van der Waals surface area contributed by atoms with Crippen molar-refractivity contribution < 1.29 is 33.0 Å². The third kappa shape index (κ3) is 3.17. The molecule has 7 nitrogen and oxygen atoms in total. The zero-order valence-corrected chi connectivity index (χ0v) is 22.0. The minimum atomic E-state index is -0.751. The number of esters is 2. The van der Waals surface area contributed by atoms with Gasteiger partial charge in [-0.2, -0.15) is 0 Å². The average molecular weight is 497 g/mol. The van der Waals surface area contributed by atoms with Crippen molar-refractivity contribution >= 4 is 17.7 Å². The SMILES string of the molecule is C=C1C2=CC[C@H](c3ccoc3)[C@]2(C)[C@@H](OC(C)=O)[C@@H]2O[C@H]3CC(=O)C(C)(C)[C@H](CC(=O)OC)[C@@]3(C)[C@H]12. The molecule has 3 aliphatic carbocycles. The van der Waals surface area contributed by atoms with E-state index < -0.39 is 34.6 Å². The molecule has 0 bridgehead atoms. The molecule has 0 spiro atoms. The Morgan fingerprint density at radius 1 is 1.22 bits per heavy atom. The van der Waals surface area contributed by atoms with Gasteiger partial charge in [0.05, 0.1) is 25.7 Å². The van der Waals surface area contributed by atoms with Crippen molar-refractivity contribution in [3.63, 3.8) is 0 Å². The Morgan fingerprint density at radius 2 is 1.94 bits per heavy atom. The van der Waals surface area contributed by atoms with Gasteiger partial charge in [-0.1, -0.05) is 40.3 Å². The van der Waals surface area contributed by atoms with Gasteiger partial charge in [0.15, 0.2) is 0 Å². The lowest BCUT2D eigenvalue weighted by atomic mass is 9.46. The van der Waals surface area contributed by atoms with Crippen molar-refractivity contribution in [2.75, 3.05) is 7.11 Å². The normalized spacial score (nSPS) is 40.7. The topological polar surface area (TPSA) is 92.0 Å². The molecule has 36 heavy (non-hydrogen) atoms. The highest BCUT2D eigenvalue weighted by atomic mass is 16.6. The zero-order chi connectivity index (χ0) is 26.2. The van der Waals surface area contributed by atoms with Gasteiger partial charge in [0.25, 0.3) is 0 Å². The van der Waals surface area contributed by atoms with Crippen molar-refractivity contribution in [2.24, 2.45) is 28.1 Å². The van der Waals surface area contributed by atoms with Crippen LogP contribution in [0.15, 0.2) is 46.8 Å². The van der Waals surface area contributed by atoms with Crippen LogP contribution in [0.1, 0.15) is 65.4 Å². The molecule has 0 amide bonds. The molecule has 1 aromatic heterocycles. The number of Topliss-reactive ketones (excluding diaryl/α,β-unsaturated/α-hetero) is 1. The van der Waals surface area contributed by atoms with Crippen LogP contribution in [0.25, 0.3) is 0 Å². The van der Waals surface area contributed by atoms with Crippen molar-refractivity contribution in [1.82, 2.24) is 0 Å². The van der Waals surface area contributed by atoms with Crippen LogP contribution < -0.4 is 0 Å². The highest BCUT2D eigenvalue weighted by Gasteiger charge is 2.72. The number of fused-ring (bicyclic) bond motifs is 4. The van der Waals surface area contributed by atoms with Crippen LogP contribution in [-0.2, 0) is 28.6 Å². The minimum absolute atomic E-state index is 0.0243. The Balaban J connectivity index is 1.65. The van der Waals surface area contributed by atoms with Crippen LogP contribution in [0.2, 0.25) is 0 Å². The van der Waals surface area contributed by atoms with Crippen molar-refractivity contribution in [1.29, 1.82) is 0 Å². The summed E-state index contributed by atoms with van der Waals surface area (Å²) in [5.74, 6) is -1.20. The fourth-order valence-electron chi connectivity index (χ4n) is 8.18. The number of methoxy groups -OCH3 is 1. The first-order valence-electron chi connectivity index (χ1n) is 12.7. The van der Waals surface area contributed by atoms with Gasteiger partial charge in [0, 0.05) is 47.8 Å². The molecule has 194 valence electrons. The van der Waals surface area contributed by atoms with Gasteiger partial charge in [-0.25, -0.2) is 0 Å². The second-order valence-corrected chi connectivity index (χ2v) is 11.9. The van der Waals surface area contributed by atoms with Gasteiger partial charge in [-0.15, -0.1) is 0 Å². The summed E-state index contributed by atoms with van der Waals surface area (Å²) in [4.78, 5) is 38.4. The van der Waals surface area contributed by atoms with E-state index >= 15 is 0 Å². The van der Waals surface area contributed by atoms with Crippen LogP contribution in [0.5, 0.6) is 0 Å². The first kappa shape index (κ1) is 25.0. The molecule has 0 radical (unpaired) electrons. The monoisotopic (exact) mass is 496 g/mol. The lowest BCUT2D eigenvalue weighted by Crippen LogP contribution is -2.59. The molecule has 0 N–H and O–H groups in total. The second kappa shape index (κ2) is 8.17. The number of ketones is 1. The number of hydrogen-bond acceptors (Lipinski definition) is 7. The Labute approximate surface area is 212 Å². The van der Waals surface area contributed by atoms with Crippen LogP contribution in [0, 0.1) is 28.1 Å². The maximum absolute atomic E-state index is 13.3. The van der Waals surface area contributed by atoms with Crippen LogP contribution in [0.4, 0.5) is 0 Å². The molecule has 8 atom stereocenters. The summed E-state index contributed by atoms with van der Waals surface area (Å²) in [7, 11) is 1.37. The summed E-state index contributed by atoms with van der Waals surface area (Å²) in [5, 5.41) is 0. The second-order valence-electron chi connectivity index (χ2n) is 11.9. The Kier molecular flexibility index (Phi) is 5.67. The molecular formula is C29H36O7. The lowest BCUT2D eigenvalue weighted by molar-refractivity contribution is -0.171. The standard InChI is InChI=1S/C29H36O7/c1-15-18-8-9-19(17-10-11-34-14-17)28(18,5)26(35-16(2)30)25-24(15)29(6)20(12-23(32)33-7)27(3,4)21(31)13-22(29)36-25/h8,10-11,14,19-20,22,24-26H,1,9,12-13H2,2-7H3/t19-,20+,22+,24-,25-,26+,28-,29-/m1/s1. The third-order valence-electron chi connectivity index (χ3n) is 10.0. The first-order chi connectivity index (χ1) is 16.9. The first-order valence-corrected chi connectivity index (χ1v) is 12.7. The number of carbonyl (C=O) groups is 3. The Bertz CT molecular complexity index is 1140. The van der Waals surface area contributed by atoms with Crippen LogP contribution in [0.3, 0.4) is 0 Å². The molecule has 1 aliphatic heterocycles. The molecule has 4 aliphatic rings. The molecular weight excluding hydrogens is 460 g/mol. The van der Waals surface area contributed by atoms with Gasteiger partial charge in [-0.3, -0.25) is 14.4 Å². The molecule has 1 aromatic rings. The summed E-state index contributed by atoms with van der Waals surface area (Å²) in [6.07, 6.45) is 5.22. The van der Waals surface area contributed by atoms with Gasteiger partial charge in [0.2, 0.25) is 0 Å². The van der Waals surface area contributed by atoms with E-state index in [1.165, 1.54) is 14.0 Å². The predicted octanol–water partition coefficient (Wildman–Crippen LogP) is 4.77. The summed E-state index contributed by atoms with van der Waals surface area (Å²) < 4.78 is 23.3. The molecule has 1 saturated heterocycles. The van der Waals surface area contributed by atoms with Gasteiger partial charge < -0.3 is 18.6 Å². The van der Waals surface area contributed by atoms with E-state index in [4.69, 9.17) is 18.6 Å². The van der Waals surface area contributed by atoms with E-state index in [1.807, 2.05) is 19.9 Å². The summed E-state index contributed by atoms with van der Waals surface area (Å²) in [6, 6.07) is 1.95. The van der Waals surface area contributed by atoms with Crippen LogP contribution >= 0.6 is 0 Å². The maximum atomic E-state index is 13.3. The number of carbonyl (C=O) groups excluding carboxylic acids is 3. The van der Waals surface area contributed by atoms with E-state index in [1.54, 1.807) is 12.5 Å². The summed E-state index contributed by atoms with van der Waals surface area (Å²) >= 11 is 0. The number of allylic oxidation sites excluding steroid dienone is 1. The molecule has 2 heterocycles. The highest BCUT2D eigenvalue weighted by molar-refractivity contribution is 5.87. The lowest BCUT2D eigenvalue weighted by Gasteiger charge is -2.55. The Morgan fingerprint density at radius 3 is 2.56 bits per heavy atom. The largest absolute Gasteiger partial charge is 0.472 e. The van der Waals surface area contributed by atoms with E-state index in [-0.39, 0.29) is 48.3 Å². The van der Waals surface area contributed by atoms with E-state index in [0.29, 0.717) is 0 Å². The number of furan rings is 1. The number of rotatable bonds is 4. The number of ether oxygens (including phenoxy) is 3. The van der Waals surface area contributed by atoms with Gasteiger partial charge in [0.1, 0.15) is 18.0 Å². The van der Waals surface area contributed by atoms with E-state index in [0.717, 1.165) is 23.1 Å². The molecule has 3 fully saturated rings. The third-order valence-corrected chi connectivity index (χ3v) is 10.0. The summed E-state index contributed by atoms with van der Waals surface area (Å²) in [6.45, 7) is 14.1.